The maximum Gasteiger partial charge on any atom is -0.0312 e. The van der Waals surface area contributed by atoms with Crippen LogP contribution in [0.1, 0.15) is 77.0 Å². The lowest BCUT2D eigenvalue weighted by atomic mass is 9.22. The second kappa shape index (κ2) is 6.91. The minimum atomic E-state index is 1.21. The molecule has 0 N–H and O–H groups in total. The summed E-state index contributed by atoms with van der Waals surface area (Å²) in [4.78, 5) is 0. The Morgan fingerprint density at radius 2 is 0.188 bits per heavy atom. The van der Waals surface area contributed by atoms with Gasteiger partial charge in [0.2, 0.25) is 0 Å². The smallest absolute Gasteiger partial charge is 0.0312 e. The summed E-state index contributed by atoms with van der Waals surface area (Å²) in [5, 5.41) is 0. The van der Waals surface area contributed by atoms with Crippen LogP contribution in [0, 0.1) is 213 Å². The first-order chi connectivity index (χ1) is 23.8. The van der Waals surface area contributed by atoms with Crippen molar-refractivity contribution < 1.29 is 0 Å². The fraction of sp³-hybridized carbons (Fsp3) is 1.00. The molecule has 19 rings (SSSR count). The summed E-state index contributed by atoms with van der Waals surface area (Å²) in [5.41, 5.74) is 0. The molecular formula is C48H60. The molecule has 19 aliphatic rings. The van der Waals surface area contributed by atoms with E-state index in [0.717, 1.165) is 0 Å². The van der Waals surface area contributed by atoms with Crippen molar-refractivity contribution in [1.82, 2.24) is 0 Å². The van der Waals surface area contributed by atoms with Gasteiger partial charge in [0, 0.05) is 0 Å². The topological polar surface area (TPSA) is 0 Å². The summed E-state index contributed by atoms with van der Waals surface area (Å²) in [6.07, 6.45) is 21.1. The minimum absolute atomic E-state index is 1.21. The number of rotatable bonds is 0. The second-order valence-electron chi connectivity index (χ2n) is 25.8. The summed E-state index contributed by atoms with van der Waals surface area (Å²) in [5.74, 6) is 44.9. The van der Waals surface area contributed by atoms with Crippen LogP contribution >= 0.6 is 0 Å². The van der Waals surface area contributed by atoms with Gasteiger partial charge in [-0.25, -0.2) is 0 Å². The van der Waals surface area contributed by atoms with Crippen LogP contribution in [0.15, 0.2) is 0 Å². The molecule has 19 fully saturated rings. The van der Waals surface area contributed by atoms with Crippen molar-refractivity contribution in [3.63, 3.8) is 0 Å². The van der Waals surface area contributed by atoms with Crippen LogP contribution in [0.5, 0.6) is 0 Å². The zero-order valence-corrected chi connectivity index (χ0v) is 29.3. The summed E-state index contributed by atoms with van der Waals surface area (Å²) in [6.45, 7) is 0. The van der Waals surface area contributed by atoms with E-state index in [9.17, 15) is 0 Å². The van der Waals surface area contributed by atoms with Gasteiger partial charge in [-0.3, -0.25) is 0 Å². The quantitative estimate of drug-likeness (QED) is 0.249. The molecule has 12 atom stereocenters. The first kappa shape index (κ1) is 24.3. The molecule has 0 bridgehead atoms. The Morgan fingerprint density at radius 1 is 0.104 bits per heavy atom. The molecule has 19 saturated carbocycles. The molecule has 0 aromatic carbocycles. The second-order valence-corrected chi connectivity index (χ2v) is 25.8. The SMILES string of the molecule is C1C2CC3CC4CC5CC6CC7CC8CC9CC%10CC%11CC%12CC1C1C2C2C3C4C3C5C6C4C7C8C5C9C%10C6C%11C%12C1C1C2C3C4C5C61. The lowest BCUT2D eigenvalue weighted by molar-refractivity contribution is -0.355. The van der Waals surface area contributed by atoms with Gasteiger partial charge >= 0.3 is 0 Å². The Labute approximate surface area is 289 Å². The lowest BCUT2D eigenvalue weighted by Crippen LogP contribution is -2.79. The van der Waals surface area contributed by atoms with Crippen LogP contribution < -0.4 is 0 Å². The van der Waals surface area contributed by atoms with Crippen molar-refractivity contribution in [3.8, 4) is 0 Å². The van der Waals surface area contributed by atoms with E-state index in [4.69, 9.17) is 0 Å². The van der Waals surface area contributed by atoms with Crippen molar-refractivity contribution in [2.24, 2.45) is 213 Å². The monoisotopic (exact) mass is 636 g/mol. The van der Waals surface area contributed by atoms with Gasteiger partial charge in [-0.1, -0.05) is 0 Å². The standard InChI is InChI=1S/C48H60/c1-13-7-15-2-17-9-19-4-21-11-23-6-24-12-22-5-20-10-18-3-16-8-14(1)26-25(13)37-27(15)29(17)39-31(19)33(21)41-35(23)36(24)42-34(22)32(20)40-30(18)28(16)38(26)44-43(37)45(39)47(41)48(42)46(40)44/h13-48H,1-12H2. The van der Waals surface area contributed by atoms with E-state index in [2.05, 4.69) is 0 Å². The van der Waals surface area contributed by atoms with Gasteiger partial charge in [0.25, 0.3) is 0 Å². The maximum atomic E-state index is 1.76. The molecule has 0 nitrogen and oxygen atoms in total. The third kappa shape index (κ3) is 2.00. The van der Waals surface area contributed by atoms with Crippen molar-refractivity contribution in [2.45, 2.75) is 77.0 Å². The normalized spacial score (nSPS) is 87.0. The molecule has 0 aliphatic heterocycles. The zero-order valence-electron chi connectivity index (χ0n) is 29.3. The van der Waals surface area contributed by atoms with Gasteiger partial charge < -0.3 is 0 Å². The summed E-state index contributed by atoms with van der Waals surface area (Å²) in [7, 11) is 0. The van der Waals surface area contributed by atoms with E-state index in [1.165, 1.54) is 213 Å². The van der Waals surface area contributed by atoms with Gasteiger partial charge in [0.15, 0.2) is 0 Å². The van der Waals surface area contributed by atoms with Crippen molar-refractivity contribution >= 4 is 0 Å². The van der Waals surface area contributed by atoms with Gasteiger partial charge in [-0.2, -0.15) is 0 Å². The van der Waals surface area contributed by atoms with Crippen LogP contribution in [0.2, 0.25) is 0 Å². The average Bonchev–Trinajstić information content (AvgIpc) is 3.93. The highest BCUT2D eigenvalue weighted by atomic mass is 14.9. The Morgan fingerprint density at radius 3 is 0.292 bits per heavy atom. The van der Waals surface area contributed by atoms with E-state index in [1.807, 2.05) is 0 Å². The Balaban J connectivity index is 0.955. The van der Waals surface area contributed by atoms with E-state index >= 15 is 0 Å². The van der Waals surface area contributed by atoms with Crippen molar-refractivity contribution in [1.29, 1.82) is 0 Å². The highest BCUT2D eigenvalue weighted by molar-refractivity contribution is 5.34. The predicted molar refractivity (Wildman–Crippen MR) is 181 cm³/mol. The minimum Gasteiger partial charge on any atom is -0.0470 e. The molecule has 252 valence electrons. The van der Waals surface area contributed by atoms with Crippen molar-refractivity contribution in [3.05, 3.63) is 0 Å². The Hall–Kier alpha value is 0. The van der Waals surface area contributed by atoms with Crippen LogP contribution in [0.3, 0.4) is 0 Å². The number of hydrogen-bond acceptors (Lipinski definition) is 0. The number of hydrogen-bond donors (Lipinski definition) is 0. The molecule has 0 saturated heterocycles. The molecule has 12 unspecified atom stereocenters. The molecule has 0 spiro atoms. The fourth-order valence-corrected chi connectivity index (χ4v) is 29.5. The van der Waals surface area contributed by atoms with E-state index in [0.29, 0.717) is 0 Å². The van der Waals surface area contributed by atoms with Gasteiger partial charge in [-0.15, -0.1) is 0 Å². The average molecular weight is 637 g/mol. The molecule has 0 heterocycles. The summed E-state index contributed by atoms with van der Waals surface area (Å²) in [6, 6.07) is 0. The van der Waals surface area contributed by atoms with Gasteiger partial charge in [-0.05, 0) is 290 Å². The zero-order chi connectivity index (χ0) is 29.3. The van der Waals surface area contributed by atoms with Crippen LogP contribution in [-0.2, 0) is 0 Å². The van der Waals surface area contributed by atoms with Crippen LogP contribution in [-0.4, -0.2) is 0 Å². The first-order valence-corrected chi connectivity index (χ1v) is 23.8. The summed E-state index contributed by atoms with van der Waals surface area (Å²) >= 11 is 0. The fourth-order valence-electron chi connectivity index (χ4n) is 29.5. The third-order valence-electron chi connectivity index (χ3n) is 27.1. The van der Waals surface area contributed by atoms with E-state index < -0.39 is 0 Å². The Kier molecular flexibility index (Phi) is 3.50. The van der Waals surface area contributed by atoms with Gasteiger partial charge in [0.05, 0.1) is 0 Å². The highest BCUT2D eigenvalue weighted by Gasteiger charge is 2.87. The molecular weight excluding hydrogens is 577 g/mol. The summed E-state index contributed by atoms with van der Waals surface area (Å²) < 4.78 is 0. The van der Waals surface area contributed by atoms with Gasteiger partial charge in [0.1, 0.15) is 0 Å². The van der Waals surface area contributed by atoms with Crippen LogP contribution in [0.4, 0.5) is 0 Å². The van der Waals surface area contributed by atoms with E-state index in [1.54, 1.807) is 77.0 Å². The molecule has 0 aromatic heterocycles. The molecule has 0 aromatic rings. The highest BCUT2D eigenvalue weighted by Crippen LogP contribution is 2.91. The lowest BCUT2D eigenvalue weighted by Gasteiger charge is -2.82. The molecule has 19 aliphatic carbocycles. The van der Waals surface area contributed by atoms with Crippen molar-refractivity contribution in [2.75, 3.05) is 0 Å². The molecule has 0 heteroatoms. The molecule has 0 radical (unpaired) electrons. The van der Waals surface area contributed by atoms with Crippen LogP contribution in [0.25, 0.3) is 0 Å². The Bertz CT molecular complexity index is 1250. The maximum absolute atomic E-state index is 1.76. The predicted octanol–water partition coefficient (Wildman–Crippen LogP) is 9.11. The third-order valence-corrected chi connectivity index (χ3v) is 27.1. The largest absolute Gasteiger partial charge is 0.0470 e. The molecule has 48 heavy (non-hydrogen) atoms. The van der Waals surface area contributed by atoms with E-state index in [-0.39, 0.29) is 0 Å². The first-order valence-electron chi connectivity index (χ1n) is 23.8. The molecule has 0 amide bonds.